The zero-order valence-corrected chi connectivity index (χ0v) is 17.1. The first-order chi connectivity index (χ1) is 13.5. The molecule has 0 radical (unpaired) electrons. The molecule has 0 aliphatic carbocycles. The van der Waals surface area contributed by atoms with Crippen molar-refractivity contribution >= 4 is 34.6 Å². The number of esters is 1. The summed E-state index contributed by atoms with van der Waals surface area (Å²) in [5.74, 6) is -0.564. The molecule has 0 bridgehead atoms. The molecule has 0 unspecified atom stereocenters. The summed E-state index contributed by atoms with van der Waals surface area (Å²) in [5, 5.41) is 7.57. The van der Waals surface area contributed by atoms with Gasteiger partial charge in [0, 0.05) is 10.3 Å². The minimum atomic E-state index is -0.915. The van der Waals surface area contributed by atoms with Crippen LogP contribution in [-0.2, 0) is 22.7 Å². The molecular weight excluding hydrogens is 396 g/mol. The lowest BCUT2D eigenvalue weighted by molar-refractivity contribution is -0.129. The largest absolute Gasteiger partial charge is 0.486 e. The molecule has 0 saturated heterocycles. The van der Waals surface area contributed by atoms with E-state index in [1.54, 1.807) is 42.5 Å². The Kier molecular flexibility index (Phi) is 6.78. The van der Waals surface area contributed by atoms with Crippen LogP contribution in [0.2, 0.25) is 0 Å². The minimum Gasteiger partial charge on any atom is -0.486 e. The van der Waals surface area contributed by atoms with E-state index in [9.17, 15) is 9.59 Å². The lowest BCUT2D eigenvalue weighted by Gasteiger charge is -2.15. The Morgan fingerprint density at radius 1 is 1.18 bits per heavy atom. The fourth-order valence-electron chi connectivity index (χ4n) is 2.40. The number of ether oxygens (including phenoxy) is 2. The molecule has 28 heavy (non-hydrogen) atoms. The summed E-state index contributed by atoms with van der Waals surface area (Å²) in [6, 6.07) is 10.6. The van der Waals surface area contributed by atoms with Crippen LogP contribution >= 0.6 is 22.7 Å². The number of rotatable bonds is 8. The van der Waals surface area contributed by atoms with Crippen molar-refractivity contribution in [1.29, 1.82) is 0 Å². The molecule has 1 amide bonds. The van der Waals surface area contributed by atoms with Gasteiger partial charge in [0.15, 0.2) is 6.10 Å². The summed E-state index contributed by atoms with van der Waals surface area (Å²) < 4.78 is 11.1. The van der Waals surface area contributed by atoms with E-state index in [0.29, 0.717) is 12.3 Å². The van der Waals surface area contributed by atoms with E-state index < -0.39 is 12.1 Å². The van der Waals surface area contributed by atoms with E-state index in [-0.39, 0.29) is 18.1 Å². The number of nitrogens with zero attached hydrogens (tertiary/aromatic N) is 1. The van der Waals surface area contributed by atoms with Crippen molar-refractivity contribution in [3.63, 3.8) is 0 Å². The maximum atomic E-state index is 12.5. The number of amides is 1. The monoisotopic (exact) mass is 416 g/mol. The fourth-order valence-corrected chi connectivity index (χ4v) is 3.64. The number of hydrogen-bond donors (Lipinski definition) is 1. The Morgan fingerprint density at radius 3 is 2.71 bits per heavy atom. The summed E-state index contributed by atoms with van der Waals surface area (Å²) in [4.78, 5) is 30.1. The van der Waals surface area contributed by atoms with E-state index >= 15 is 0 Å². The lowest BCUT2D eigenvalue weighted by atomic mass is 10.2. The van der Waals surface area contributed by atoms with Gasteiger partial charge in [0.25, 0.3) is 5.91 Å². The highest BCUT2D eigenvalue weighted by Gasteiger charge is 2.21. The molecular formula is C20H20N2O4S2. The van der Waals surface area contributed by atoms with Gasteiger partial charge in [-0.1, -0.05) is 18.2 Å². The van der Waals surface area contributed by atoms with Gasteiger partial charge in [-0.15, -0.1) is 22.7 Å². The number of thiophene rings is 1. The number of carbonyl (C=O) groups is 2. The second-order valence-corrected chi connectivity index (χ2v) is 8.08. The van der Waals surface area contributed by atoms with E-state index in [1.807, 2.05) is 29.8 Å². The average molecular weight is 417 g/mol. The summed E-state index contributed by atoms with van der Waals surface area (Å²) in [6.45, 7) is 4.13. The Morgan fingerprint density at radius 2 is 2.00 bits per heavy atom. The van der Waals surface area contributed by atoms with Crippen molar-refractivity contribution in [1.82, 2.24) is 10.3 Å². The summed E-state index contributed by atoms with van der Waals surface area (Å²) in [5.41, 5.74) is 1.07. The first-order valence-electron chi connectivity index (χ1n) is 8.67. The standard InChI is InChI=1S/C20H20N2O4S2/c1-13(19(23)21-10-16-6-5-9-27-16)26-20(24)17-7-3-4-8-18(17)25-11-15-12-28-14(2)22-15/h3-9,12-13H,10-11H2,1-2H3,(H,21,23)/t13-/m0/s1. The molecule has 3 rings (SSSR count). The van der Waals surface area contributed by atoms with E-state index in [4.69, 9.17) is 9.47 Å². The zero-order chi connectivity index (χ0) is 19.9. The SMILES string of the molecule is Cc1nc(COc2ccccc2C(=O)O[C@@H](C)C(=O)NCc2cccs2)cs1. The average Bonchev–Trinajstić information content (AvgIpc) is 3.36. The Hall–Kier alpha value is -2.71. The van der Waals surface area contributed by atoms with Crippen molar-refractivity contribution in [2.75, 3.05) is 0 Å². The van der Waals surface area contributed by atoms with Gasteiger partial charge in [0.05, 0.1) is 17.2 Å². The molecule has 2 aromatic heterocycles. The van der Waals surface area contributed by atoms with Gasteiger partial charge in [0.1, 0.15) is 17.9 Å². The van der Waals surface area contributed by atoms with Crippen molar-refractivity contribution in [2.24, 2.45) is 0 Å². The van der Waals surface area contributed by atoms with Crippen LogP contribution in [0.3, 0.4) is 0 Å². The first-order valence-corrected chi connectivity index (χ1v) is 10.4. The maximum Gasteiger partial charge on any atom is 0.342 e. The molecule has 146 valence electrons. The van der Waals surface area contributed by atoms with Gasteiger partial charge in [-0.3, -0.25) is 4.79 Å². The maximum absolute atomic E-state index is 12.5. The van der Waals surface area contributed by atoms with Crippen LogP contribution in [0.25, 0.3) is 0 Å². The number of benzene rings is 1. The number of hydrogen-bond acceptors (Lipinski definition) is 7. The number of thiazole rings is 1. The number of aryl methyl sites for hydroxylation is 1. The first kappa shape index (κ1) is 20.0. The Balaban J connectivity index is 1.57. The summed E-state index contributed by atoms with van der Waals surface area (Å²) >= 11 is 3.09. The zero-order valence-electron chi connectivity index (χ0n) is 15.5. The molecule has 0 aliphatic heterocycles. The van der Waals surface area contributed by atoms with Crippen LogP contribution in [-0.4, -0.2) is 23.0 Å². The van der Waals surface area contributed by atoms with Crippen LogP contribution < -0.4 is 10.1 Å². The van der Waals surface area contributed by atoms with Crippen molar-refractivity contribution in [2.45, 2.75) is 33.1 Å². The molecule has 1 N–H and O–H groups in total. The van der Waals surface area contributed by atoms with Crippen molar-refractivity contribution in [3.8, 4) is 5.75 Å². The smallest absolute Gasteiger partial charge is 0.342 e. The van der Waals surface area contributed by atoms with Crippen LogP contribution in [0, 0.1) is 6.92 Å². The van der Waals surface area contributed by atoms with Gasteiger partial charge in [0.2, 0.25) is 0 Å². The third-order valence-electron chi connectivity index (χ3n) is 3.82. The highest BCUT2D eigenvalue weighted by molar-refractivity contribution is 7.10. The second-order valence-electron chi connectivity index (χ2n) is 5.99. The number of nitrogens with one attached hydrogen (secondary N) is 1. The van der Waals surface area contributed by atoms with Gasteiger partial charge in [-0.25, -0.2) is 9.78 Å². The minimum absolute atomic E-state index is 0.255. The van der Waals surface area contributed by atoms with Crippen LogP contribution in [0.1, 0.15) is 32.9 Å². The molecule has 0 spiro atoms. The number of para-hydroxylation sites is 1. The molecule has 6 nitrogen and oxygen atoms in total. The third-order valence-corrected chi connectivity index (χ3v) is 5.52. The van der Waals surface area contributed by atoms with Crippen LogP contribution in [0.5, 0.6) is 5.75 Å². The fraction of sp³-hybridized carbons (Fsp3) is 0.250. The predicted octanol–water partition coefficient (Wildman–Crippen LogP) is 3.95. The molecule has 1 atom stereocenters. The van der Waals surface area contributed by atoms with E-state index in [2.05, 4.69) is 10.3 Å². The van der Waals surface area contributed by atoms with Crippen molar-refractivity contribution < 1.29 is 19.1 Å². The van der Waals surface area contributed by atoms with Gasteiger partial charge in [-0.05, 0) is 37.4 Å². The van der Waals surface area contributed by atoms with Crippen molar-refractivity contribution in [3.05, 3.63) is 68.3 Å². The van der Waals surface area contributed by atoms with Crippen LogP contribution in [0.4, 0.5) is 0 Å². The molecule has 0 fully saturated rings. The molecule has 0 aliphatic rings. The van der Waals surface area contributed by atoms with E-state index in [1.165, 1.54) is 11.3 Å². The topological polar surface area (TPSA) is 77.5 Å². The lowest BCUT2D eigenvalue weighted by Crippen LogP contribution is -2.35. The summed E-state index contributed by atoms with van der Waals surface area (Å²) in [7, 11) is 0. The molecule has 1 aromatic carbocycles. The van der Waals surface area contributed by atoms with E-state index in [0.717, 1.165) is 15.6 Å². The quantitative estimate of drug-likeness (QED) is 0.563. The van der Waals surface area contributed by atoms with Gasteiger partial charge in [-0.2, -0.15) is 0 Å². The highest BCUT2D eigenvalue weighted by Crippen LogP contribution is 2.21. The second kappa shape index (κ2) is 9.48. The summed E-state index contributed by atoms with van der Waals surface area (Å²) in [6.07, 6.45) is -0.915. The van der Waals surface area contributed by atoms with Gasteiger partial charge >= 0.3 is 5.97 Å². The Bertz CT molecular complexity index is 937. The highest BCUT2D eigenvalue weighted by atomic mass is 32.1. The molecule has 0 saturated carbocycles. The molecule has 2 heterocycles. The number of carbonyl (C=O) groups excluding carboxylic acids is 2. The normalized spacial score (nSPS) is 11.6. The number of aromatic nitrogens is 1. The molecule has 3 aromatic rings. The Labute approximate surface area is 171 Å². The van der Waals surface area contributed by atoms with Gasteiger partial charge < -0.3 is 14.8 Å². The predicted molar refractivity (Wildman–Crippen MR) is 109 cm³/mol. The molecule has 8 heteroatoms. The third kappa shape index (κ3) is 5.40. The van der Waals surface area contributed by atoms with Crippen LogP contribution in [0.15, 0.2) is 47.2 Å².